The predicted octanol–water partition coefficient (Wildman–Crippen LogP) is 4.94. The van der Waals surface area contributed by atoms with Crippen molar-refractivity contribution in [2.24, 2.45) is 0 Å². The van der Waals surface area contributed by atoms with E-state index in [-0.39, 0.29) is 40.2 Å². The second-order valence-corrected chi connectivity index (χ2v) is 7.79. The zero-order valence-corrected chi connectivity index (χ0v) is 21.7. The van der Waals surface area contributed by atoms with E-state index < -0.39 is 11.8 Å². The van der Waals surface area contributed by atoms with Gasteiger partial charge in [-0.3, -0.25) is 4.79 Å². The molecule has 192 valence electrons. The molecule has 0 atom stereocenters. The number of ether oxygens (including phenoxy) is 6. The summed E-state index contributed by atoms with van der Waals surface area (Å²) >= 11 is 0. The number of hydrogen-bond donors (Lipinski definition) is 1. The lowest BCUT2D eigenvalue weighted by molar-refractivity contribution is 0.0597. The van der Waals surface area contributed by atoms with Crippen LogP contribution < -0.4 is 23.7 Å². The van der Waals surface area contributed by atoms with Gasteiger partial charge in [-0.25, -0.2) is 4.79 Å². The first-order valence-corrected chi connectivity index (χ1v) is 11.1. The van der Waals surface area contributed by atoms with Crippen molar-refractivity contribution in [2.75, 3.05) is 42.7 Å². The molecule has 9 heteroatoms. The minimum Gasteiger partial charge on any atom is -0.506 e. The molecule has 1 N–H and O–H groups in total. The number of methoxy groups -OCH3 is 6. The third-order valence-electron chi connectivity index (χ3n) is 6.10. The van der Waals surface area contributed by atoms with E-state index in [1.54, 1.807) is 32.0 Å². The second-order valence-electron chi connectivity index (χ2n) is 7.79. The first-order valence-electron chi connectivity index (χ1n) is 11.1. The van der Waals surface area contributed by atoms with Crippen molar-refractivity contribution < 1.29 is 43.1 Å². The Bertz CT molecular complexity index is 1340. The second kappa shape index (κ2) is 10.6. The maximum absolute atomic E-state index is 13.2. The highest BCUT2D eigenvalue weighted by Crippen LogP contribution is 2.54. The van der Waals surface area contributed by atoms with Crippen molar-refractivity contribution in [1.29, 1.82) is 0 Å². The van der Waals surface area contributed by atoms with E-state index in [1.807, 2.05) is 0 Å². The van der Waals surface area contributed by atoms with Crippen LogP contribution in [0.3, 0.4) is 0 Å². The molecule has 9 nitrogen and oxygen atoms in total. The Kier molecular flexibility index (Phi) is 7.82. The normalized spacial score (nSPS) is 10.7. The molecule has 0 fully saturated rings. The molecule has 3 rings (SSSR count). The van der Waals surface area contributed by atoms with Crippen LogP contribution in [-0.2, 0) is 4.74 Å². The van der Waals surface area contributed by atoms with Crippen LogP contribution in [0.2, 0.25) is 0 Å². The molecule has 0 aliphatic carbocycles. The number of esters is 1. The molecule has 36 heavy (non-hydrogen) atoms. The average Bonchev–Trinajstić information content (AvgIpc) is 2.90. The molecule has 3 aromatic rings. The maximum Gasteiger partial charge on any atom is 0.339 e. The Morgan fingerprint density at radius 3 is 1.89 bits per heavy atom. The summed E-state index contributed by atoms with van der Waals surface area (Å²) in [5.41, 5.74) is 1.03. The SMILES string of the molecule is CCC(=O)c1c(C(=O)OC)c(-c2ccc(OC)c(OC)c2)c2c(OC)c(OC)c(OC)c(C)c2c1O. The first kappa shape index (κ1) is 26.5. The summed E-state index contributed by atoms with van der Waals surface area (Å²) in [6.45, 7) is 3.37. The Morgan fingerprint density at radius 2 is 1.39 bits per heavy atom. The van der Waals surface area contributed by atoms with Crippen molar-refractivity contribution in [3.63, 3.8) is 0 Å². The molecule has 0 amide bonds. The van der Waals surface area contributed by atoms with Crippen LogP contribution in [0, 0.1) is 6.92 Å². The zero-order chi connectivity index (χ0) is 26.7. The number of phenolic OH excluding ortho intramolecular Hbond substituents is 1. The Balaban J connectivity index is 2.78. The molecule has 0 heterocycles. The molecule has 0 saturated carbocycles. The predicted molar refractivity (Wildman–Crippen MR) is 135 cm³/mol. The highest BCUT2D eigenvalue weighted by atomic mass is 16.5. The van der Waals surface area contributed by atoms with E-state index in [0.29, 0.717) is 39.3 Å². The van der Waals surface area contributed by atoms with E-state index >= 15 is 0 Å². The number of aromatic hydroxyl groups is 1. The van der Waals surface area contributed by atoms with Gasteiger partial charge in [0.2, 0.25) is 5.75 Å². The number of ketones is 1. The van der Waals surface area contributed by atoms with Crippen molar-refractivity contribution in [2.45, 2.75) is 20.3 Å². The van der Waals surface area contributed by atoms with Gasteiger partial charge in [0, 0.05) is 28.3 Å². The fourth-order valence-corrected chi connectivity index (χ4v) is 4.49. The number of fused-ring (bicyclic) bond motifs is 1. The lowest BCUT2D eigenvalue weighted by Crippen LogP contribution is -2.14. The summed E-state index contributed by atoms with van der Waals surface area (Å²) in [5, 5.41) is 12.1. The Labute approximate surface area is 209 Å². The van der Waals surface area contributed by atoms with Gasteiger partial charge in [-0.05, 0) is 24.6 Å². The van der Waals surface area contributed by atoms with Crippen LogP contribution in [0.1, 0.15) is 39.6 Å². The van der Waals surface area contributed by atoms with Crippen LogP contribution in [0.4, 0.5) is 0 Å². The van der Waals surface area contributed by atoms with E-state index in [0.717, 1.165) is 0 Å². The highest BCUT2D eigenvalue weighted by Gasteiger charge is 2.34. The molecule has 0 aliphatic heterocycles. The van der Waals surface area contributed by atoms with E-state index in [1.165, 1.54) is 42.7 Å². The molecule has 0 radical (unpaired) electrons. The molecule has 3 aromatic carbocycles. The lowest BCUT2D eigenvalue weighted by atomic mass is 9.84. The number of aryl methyl sites for hydroxylation is 1. The quantitative estimate of drug-likeness (QED) is 0.324. The molecule has 0 bridgehead atoms. The largest absolute Gasteiger partial charge is 0.506 e. The number of carbonyl (C=O) groups is 2. The van der Waals surface area contributed by atoms with Crippen molar-refractivity contribution >= 4 is 22.5 Å². The third-order valence-corrected chi connectivity index (χ3v) is 6.10. The standard InChI is InChI=1S/C27H30O9/c1-9-15(28)20-22(27(30)36-8)19(14-10-11-16(31-3)17(12-14)32-4)21-18(23(20)29)13(2)24(33-5)26(35-7)25(21)34-6/h10-12,29H,9H2,1-8H3. The Morgan fingerprint density at radius 1 is 0.778 bits per heavy atom. The molecular weight excluding hydrogens is 468 g/mol. The van der Waals surface area contributed by atoms with Gasteiger partial charge in [0.05, 0.1) is 53.8 Å². The average molecular weight is 499 g/mol. The van der Waals surface area contributed by atoms with Gasteiger partial charge in [-0.2, -0.15) is 0 Å². The summed E-state index contributed by atoms with van der Waals surface area (Å²) in [6, 6.07) is 5.06. The molecule has 0 saturated heterocycles. The van der Waals surface area contributed by atoms with Crippen molar-refractivity contribution in [3.05, 3.63) is 34.9 Å². The smallest absolute Gasteiger partial charge is 0.339 e. The van der Waals surface area contributed by atoms with E-state index in [2.05, 4.69) is 0 Å². The summed E-state index contributed by atoms with van der Waals surface area (Å²) in [4.78, 5) is 26.4. The fraction of sp³-hybridized carbons (Fsp3) is 0.333. The summed E-state index contributed by atoms with van der Waals surface area (Å²) in [5.74, 6) is 0.0253. The number of benzene rings is 3. The van der Waals surface area contributed by atoms with Crippen molar-refractivity contribution in [3.8, 4) is 45.6 Å². The van der Waals surface area contributed by atoms with Gasteiger partial charge in [-0.1, -0.05) is 13.0 Å². The summed E-state index contributed by atoms with van der Waals surface area (Å²) in [7, 11) is 8.56. The molecule has 0 spiro atoms. The van der Waals surface area contributed by atoms with Crippen LogP contribution in [0.15, 0.2) is 18.2 Å². The van der Waals surface area contributed by atoms with Crippen LogP contribution in [-0.4, -0.2) is 59.5 Å². The fourth-order valence-electron chi connectivity index (χ4n) is 4.49. The highest BCUT2D eigenvalue weighted by molar-refractivity contribution is 6.22. The van der Waals surface area contributed by atoms with Gasteiger partial charge in [0.1, 0.15) is 5.75 Å². The van der Waals surface area contributed by atoms with Gasteiger partial charge < -0.3 is 33.5 Å². The van der Waals surface area contributed by atoms with Crippen LogP contribution >= 0.6 is 0 Å². The molecule has 0 aliphatic rings. The number of Topliss-reactive ketones (excluding diaryl/α,β-unsaturated/α-hetero) is 1. The number of phenols is 1. The number of hydrogen-bond acceptors (Lipinski definition) is 9. The van der Waals surface area contributed by atoms with E-state index in [4.69, 9.17) is 28.4 Å². The number of carbonyl (C=O) groups excluding carboxylic acids is 2. The minimum absolute atomic E-state index is 0.0396. The summed E-state index contributed by atoms with van der Waals surface area (Å²) < 4.78 is 32.9. The van der Waals surface area contributed by atoms with Gasteiger partial charge in [0.25, 0.3) is 0 Å². The topological polar surface area (TPSA) is 110 Å². The zero-order valence-electron chi connectivity index (χ0n) is 21.7. The molecule has 0 unspecified atom stereocenters. The first-order chi connectivity index (χ1) is 17.2. The monoisotopic (exact) mass is 498 g/mol. The van der Waals surface area contributed by atoms with E-state index in [9.17, 15) is 14.7 Å². The van der Waals surface area contributed by atoms with Gasteiger partial charge in [-0.15, -0.1) is 0 Å². The van der Waals surface area contributed by atoms with Crippen molar-refractivity contribution in [1.82, 2.24) is 0 Å². The number of rotatable bonds is 9. The summed E-state index contributed by atoms with van der Waals surface area (Å²) in [6.07, 6.45) is 0.0396. The minimum atomic E-state index is -0.803. The van der Waals surface area contributed by atoms with Crippen LogP contribution in [0.5, 0.6) is 34.5 Å². The van der Waals surface area contributed by atoms with Gasteiger partial charge in [0.15, 0.2) is 28.8 Å². The lowest BCUT2D eigenvalue weighted by Gasteiger charge is -2.24. The van der Waals surface area contributed by atoms with Crippen LogP contribution in [0.25, 0.3) is 21.9 Å². The molecular formula is C27H30O9. The van der Waals surface area contributed by atoms with Gasteiger partial charge >= 0.3 is 5.97 Å². The Hall–Kier alpha value is -4.14. The maximum atomic E-state index is 13.2. The molecule has 0 aromatic heterocycles. The third kappa shape index (κ3) is 4.00.